The number of carbonyl (C=O) groups is 1. The van der Waals surface area contributed by atoms with Crippen LogP contribution in [0.5, 0.6) is 5.75 Å². The van der Waals surface area contributed by atoms with Gasteiger partial charge in [-0.3, -0.25) is 9.20 Å². The number of carbonyl (C=O) groups excluding carboxylic acids is 1. The molecule has 2 N–H and O–H groups in total. The van der Waals surface area contributed by atoms with Gasteiger partial charge in [0.05, 0.1) is 10.7 Å². The Kier molecular flexibility index (Phi) is 6.63. The Morgan fingerprint density at radius 1 is 1.06 bits per heavy atom. The van der Waals surface area contributed by atoms with E-state index >= 15 is 0 Å². The number of benzene rings is 2. The predicted molar refractivity (Wildman–Crippen MR) is 128 cm³/mol. The molecule has 2 heterocycles. The van der Waals surface area contributed by atoms with Crippen LogP contribution in [0.15, 0.2) is 82.6 Å². The van der Waals surface area contributed by atoms with Gasteiger partial charge in [0.25, 0.3) is 5.56 Å². The van der Waals surface area contributed by atoms with E-state index in [4.69, 9.17) is 16.3 Å². The largest absolute Gasteiger partial charge is 0.487 e. The topological polar surface area (TPSA) is 84.7 Å². The molecule has 162 valence electrons. The van der Waals surface area contributed by atoms with E-state index in [9.17, 15) is 9.59 Å². The molecule has 2 aromatic heterocycles. The van der Waals surface area contributed by atoms with Crippen molar-refractivity contribution in [3.8, 4) is 5.75 Å². The van der Waals surface area contributed by atoms with Gasteiger partial charge in [-0.05, 0) is 48.7 Å². The van der Waals surface area contributed by atoms with Crippen LogP contribution in [0.1, 0.15) is 5.69 Å². The van der Waals surface area contributed by atoms with Gasteiger partial charge in [-0.2, -0.15) is 0 Å². The number of amides is 2. The first-order valence-electron chi connectivity index (χ1n) is 9.63. The van der Waals surface area contributed by atoms with Crippen LogP contribution in [0, 0.1) is 0 Å². The highest BCUT2D eigenvalue weighted by Crippen LogP contribution is 2.21. The minimum absolute atomic E-state index is 0.103. The summed E-state index contributed by atoms with van der Waals surface area (Å²) in [6.45, 7) is 0.103. The van der Waals surface area contributed by atoms with Crippen LogP contribution in [-0.4, -0.2) is 21.7 Å². The lowest BCUT2D eigenvalue weighted by Crippen LogP contribution is -2.19. The van der Waals surface area contributed by atoms with Crippen molar-refractivity contribution >= 4 is 46.4 Å². The summed E-state index contributed by atoms with van der Waals surface area (Å²) in [5, 5.41) is 6.05. The molecule has 4 rings (SSSR count). The molecule has 0 aliphatic carbocycles. The first-order chi connectivity index (χ1) is 15.5. The number of fused-ring (bicyclic) bond motifs is 1. The maximum absolute atomic E-state index is 12.3. The van der Waals surface area contributed by atoms with Crippen LogP contribution >= 0.6 is 23.4 Å². The number of aromatic nitrogens is 2. The molecular weight excluding hydrogens is 448 g/mol. The summed E-state index contributed by atoms with van der Waals surface area (Å²) in [6.07, 6.45) is 3.50. The number of hydrogen-bond acceptors (Lipinski definition) is 5. The van der Waals surface area contributed by atoms with Crippen molar-refractivity contribution in [3.05, 3.63) is 94.0 Å². The molecule has 4 aromatic rings. The Morgan fingerprint density at radius 2 is 1.81 bits per heavy atom. The number of rotatable bonds is 6. The van der Waals surface area contributed by atoms with Crippen LogP contribution in [0.4, 0.5) is 16.2 Å². The molecule has 0 fully saturated rings. The highest BCUT2D eigenvalue weighted by Gasteiger charge is 2.07. The number of halogens is 1. The Balaban J connectivity index is 1.41. The maximum atomic E-state index is 12.3. The van der Waals surface area contributed by atoms with Crippen molar-refractivity contribution in [1.82, 2.24) is 9.38 Å². The molecule has 0 atom stereocenters. The van der Waals surface area contributed by atoms with E-state index in [2.05, 4.69) is 15.6 Å². The molecule has 0 aliphatic rings. The molecule has 7 nitrogen and oxygen atoms in total. The molecule has 0 unspecified atom stereocenters. The molecule has 2 aromatic carbocycles. The van der Waals surface area contributed by atoms with E-state index in [1.54, 1.807) is 48.2 Å². The zero-order chi connectivity index (χ0) is 22.5. The highest BCUT2D eigenvalue weighted by molar-refractivity contribution is 7.98. The Hall–Kier alpha value is -3.49. The van der Waals surface area contributed by atoms with Crippen LogP contribution in [0.25, 0.3) is 5.65 Å². The van der Waals surface area contributed by atoms with Crippen molar-refractivity contribution in [2.75, 3.05) is 16.9 Å². The van der Waals surface area contributed by atoms with Crippen molar-refractivity contribution in [2.45, 2.75) is 11.5 Å². The predicted octanol–water partition coefficient (Wildman–Crippen LogP) is 5.29. The number of hydrogen-bond donors (Lipinski definition) is 2. The smallest absolute Gasteiger partial charge is 0.323 e. The fourth-order valence-electron chi connectivity index (χ4n) is 3.02. The molecule has 32 heavy (non-hydrogen) atoms. The highest BCUT2D eigenvalue weighted by atomic mass is 35.5. The van der Waals surface area contributed by atoms with Crippen molar-refractivity contribution in [1.29, 1.82) is 0 Å². The summed E-state index contributed by atoms with van der Waals surface area (Å²) in [5.74, 6) is 0.533. The summed E-state index contributed by atoms with van der Waals surface area (Å²) < 4.78 is 7.16. The SMILES string of the molecule is CSc1cccc(NC(=O)Nc2cccc(OCc3cc(=O)n4cc(Cl)ccc4n3)c2)c1. The van der Waals surface area contributed by atoms with E-state index in [1.165, 1.54) is 16.7 Å². The average Bonchev–Trinajstić information content (AvgIpc) is 2.78. The Bertz CT molecular complexity index is 1340. The van der Waals surface area contributed by atoms with Gasteiger partial charge >= 0.3 is 6.03 Å². The Morgan fingerprint density at radius 3 is 2.59 bits per heavy atom. The van der Waals surface area contributed by atoms with E-state index < -0.39 is 0 Å². The van der Waals surface area contributed by atoms with Gasteiger partial charge in [0.15, 0.2) is 0 Å². The number of pyridine rings is 1. The number of nitrogens with one attached hydrogen (secondary N) is 2. The minimum Gasteiger partial charge on any atom is -0.487 e. The van der Waals surface area contributed by atoms with Gasteiger partial charge in [0, 0.05) is 34.6 Å². The van der Waals surface area contributed by atoms with Gasteiger partial charge in [0.1, 0.15) is 18.0 Å². The lowest BCUT2D eigenvalue weighted by Gasteiger charge is -2.11. The summed E-state index contributed by atoms with van der Waals surface area (Å²) >= 11 is 7.54. The number of nitrogens with zero attached hydrogens (tertiary/aromatic N) is 2. The second kappa shape index (κ2) is 9.76. The lowest BCUT2D eigenvalue weighted by molar-refractivity contribution is 0.262. The number of ether oxygens (including phenoxy) is 1. The van der Waals surface area contributed by atoms with Gasteiger partial charge < -0.3 is 15.4 Å². The van der Waals surface area contributed by atoms with Crippen molar-refractivity contribution < 1.29 is 9.53 Å². The molecule has 0 saturated carbocycles. The van der Waals surface area contributed by atoms with Crippen LogP contribution in [-0.2, 0) is 6.61 Å². The minimum atomic E-state index is -0.358. The van der Waals surface area contributed by atoms with Gasteiger partial charge in [-0.15, -0.1) is 11.8 Å². The number of urea groups is 1. The molecule has 0 radical (unpaired) electrons. The Labute approximate surface area is 193 Å². The van der Waals surface area contributed by atoms with E-state index in [0.717, 1.165) is 4.90 Å². The van der Waals surface area contributed by atoms with E-state index in [0.29, 0.717) is 33.5 Å². The molecule has 0 spiro atoms. The normalized spacial score (nSPS) is 10.7. The molecule has 0 aliphatic heterocycles. The van der Waals surface area contributed by atoms with Crippen LogP contribution < -0.4 is 20.9 Å². The fraction of sp³-hybridized carbons (Fsp3) is 0.0870. The molecular formula is C23H19ClN4O3S. The molecule has 0 saturated heterocycles. The first kappa shape index (κ1) is 21.7. The van der Waals surface area contributed by atoms with E-state index in [-0.39, 0.29) is 18.2 Å². The van der Waals surface area contributed by atoms with E-state index in [1.807, 2.05) is 30.5 Å². The molecule has 9 heteroatoms. The van der Waals surface area contributed by atoms with Crippen molar-refractivity contribution in [2.24, 2.45) is 0 Å². The fourth-order valence-corrected chi connectivity index (χ4v) is 3.64. The summed E-state index contributed by atoms with van der Waals surface area (Å²) in [7, 11) is 0. The summed E-state index contributed by atoms with van der Waals surface area (Å²) in [4.78, 5) is 30.1. The molecule has 2 amide bonds. The number of anilines is 2. The van der Waals surface area contributed by atoms with Crippen molar-refractivity contribution in [3.63, 3.8) is 0 Å². The van der Waals surface area contributed by atoms with Gasteiger partial charge in [-0.1, -0.05) is 23.7 Å². The first-order valence-corrected chi connectivity index (χ1v) is 11.2. The second-order valence-corrected chi connectivity index (χ2v) is 8.10. The second-order valence-electron chi connectivity index (χ2n) is 6.79. The van der Waals surface area contributed by atoms with Gasteiger partial charge in [-0.25, -0.2) is 9.78 Å². The lowest BCUT2D eigenvalue weighted by atomic mass is 10.3. The third-order valence-electron chi connectivity index (χ3n) is 4.48. The quantitative estimate of drug-likeness (QED) is 0.377. The van der Waals surface area contributed by atoms with Crippen LogP contribution in [0.3, 0.4) is 0 Å². The zero-order valence-electron chi connectivity index (χ0n) is 17.0. The zero-order valence-corrected chi connectivity index (χ0v) is 18.6. The monoisotopic (exact) mass is 466 g/mol. The number of thioether (sulfide) groups is 1. The molecule has 0 bridgehead atoms. The third kappa shape index (κ3) is 5.40. The third-order valence-corrected chi connectivity index (χ3v) is 5.43. The van der Waals surface area contributed by atoms with Gasteiger partial charge in [0.2, 0.25) is 0 Å². The summed E-state index contributed by atoms with van der Waals surface area (Å²) in [6, 6.07) is 19.0. The average molecular weight is 467 g/mol. The van der Waals surface area contributed by atoms with Crippen LogP contribution in [0.2, 0.25) is 5.02 Å². The standard InChI is InChI=1S/C23H19ClN4O3S/c1-32-20-7-3-5-17(11-20)27-23(30)26-16-4-2-6-19(10-16)31-14-18-12-22(29)28-13-15(24)8-9-21(28)25-18/h2-13H,14H2,1H3,(H2,26,27,30). The summed E-state index contributed by atoms with van der Waals surface area (Å²) in [5.41, 5.74) is 2.01. The maximum Gasteiger partial charge on any atom is 0.323 e.